The van der Waals surface area contributed by atoms with Gasteiger partial charge in [-0.2, -0.15) is 0 Å². The van der Waals surface area contributed by atoms with Gasteiger partial charge in [-0.3, -0.25) is 4.79 Å². The molecule has 3 heterocycles. The Morgan fingerprint density at radius 2 is 2.12 bits per heavy atom. The van der Waals surface area contributed by atoms with Crippen LogP contribution in [0.2, 0.25) is 0 Å². The van der Waals surface area contributed by atoms with Gasteiger partial charge >= 0.3 is 0 Å². The second kappa shape index (κ2) is 7.47. The molecule has 0 aliphatic carbocycles. The van der Waals surface area contributed by atoms with E-state index in [1.165, 1.54) is 22.7 Å². The smallest absolute Gasteiger partial charge is 0.232 e. The van der Waals surface area contributed by atoms with Crippen molar-refractivity contribution in [1.29, 1.82) is 0 Å². The first kappa shape index (κ1) is 16.5. The molecule has 0 atom stereocenters. The number of nitrogens with zero attached hydrogens (tertiary/aromatic N) is 3. The van der Waals surface area contributed by atoms with Gasteiger partial charge < -0.3 is 15.7 Å². The number of aliphatic hydroxyl groups is 1. The molecule has 3 aromatic rings. The third kappa shape index (κ3) is 4.34. The van der Waals surface area contributed by atoms with Crippen molar-refractivity contribution < 1.29 is 9.90 Å². The molecule has 0 saturated heterocycles. The predicted octanol–water partition coefficient (Wildman–Crippen LogP) is 2.72. The van der Waals surface area contributed by atoms with E-state index < -0.39 is 0 Å². The molecule has 9 heteroatoms. The molecule has 24 heavy (non-hydrogen) atoms. The average molecular weight is 361 g/mol. The van der Waals surface area contributed by atoms with Gasteiger partial charge in [0.25, 0.3) is 0 Å². The molecular formula is C15H15N5O2S2. The summed E-state index contributed by atoms with van der Waals surface area (Å²) in [4.78, 5) is 25.8. The van der Waals surface area contributed by atoms with Gasteiger partial charge in [0.2, 0.25) is 5.91 Å². The summed E-state index contributed by atoms with van der Waals surface area (Å²) < 4.78 is 0. The molecule has 1 amide bonds. The van der Waals surface area contributed by atoms with Crippen LogP contribution in [0.3, 0.4) is 0 Å². The van der Waals surface area contributed by atoms with E-state index in [9.17, 15) is 4.79 Å². The van der Waals surface area contributed by atoms with Crippen LogP contribution in [0.5, 0.6) is 0 Å². The fraction of sp³-hybridized carbons (Fsp3) is 0.200. The van der Waals surface area contributed by atoms with Gasteiger partial charge in [0.1, 0.15) is 5.82 Å². The van der Waals surface area contributed by atoms with E-state index in [1.54, 1.807) is 24.4 Å². The highest BCUT2D eigenvalue weighted by Crippen LogP contribution is 2.21. The van der Waals surface area contributed by atoms with Crippen LogP contribution >= 0.6 is 22.7 Å². The van der Waals surface area contributed by atoms with E-state index in [0.717, 1.165) is 4.88 Å². The fourth-order valence-electron chi connectivity index (χ4n) is 1.93. The summed E-state index contributed by atoms with van der Waals surface area (Å²) in [5.74, 6) is 0.451. The Kier molecular flexibility index (Phi) is 5.14. The number of anilines is 3. The molecule has 0 unspecified atom stereocenters. The summed E-state index contributed by atoms with van der Waals surface area (Å²) in [7, 11) is 0. The number of hydrogen-bond acceptors (Lipinski definition) is 8. The van der Waals surface area contributed by atoms with E-state index in [1.807, 2.05) is 12.3 Å². The predicted molar refractivity (Wildman–Crippen MR) is 94.7 cm³/mol. The van der Waals surface area contributed by atoms with Crippen LogP contribution in [0.15, 0.2) is 29.8 Å². The monoisotopic (exact) mass is 361 g/mol. The number of aromatic nitrogens is 3. The van der Waals surface area contributed by atoms with E-state index in [2.05, 4.69) is 25.6 Å². The molecule has 0 bridgehead atoms. The van der Waals surface area contributed by atoms with Crippen LogP contribution in [0, 0.1) is 6.92 Å². The molecule has 7 nitrogen and oxygen atoms in total. The van der Waals surface area contributed by atoms with Crippen LogP contribution in [-0.2, 0) is 17.8 Å². The van der Waals surface area contributed by atoms with Crippen LogP contribution in [0.1, 0.15) is 16.3 Å². The molecule has 3 rings (SSSR count). The number of aliphatic hydroxyl groups excluding tert-OH is 1. The summed E-state index contributed by atoms with van der Waals surface area (Å²) in [6.07, 6.45) is 1.90. The lowest BCUT2D eigenvalue weighted by molar-refractivity contribution is -0.115. The molecule has 3 N–H and O–H groups in total. The minimum Gasteiger partial charge on any atom is -0.390 e. The first-order chi connectivity index (χ1) is 11.6. The normalized spacial score (nSPS) is 10.6. The first-order valence-corrected chi connectivity index (χ1v) is 8.82. The zero-order valence-electron chi connectivity index (χ0n) is 12.8. The number of hydrogen-bond donors (Lipinski definition) is 3. The second-order valence-electron chi connectivity index (χ2n) is 4.94. The van der Waals surface area contributed by atoms with Gasteiger partial charge in [-0.1, -0.05) is 6.07 Å². The van der Waals surface area contributed by atoms with Crippen molar-refractivity contribution >= 4 is 44.7 Å². The van der Waals surface area contributed by atoms with Gasteiger partial charge in [0.15, 0.2) is 10.3 Å². The Hall–Kier alpha value is -2.36. The van der Waals surface area contributed by atoms with Crippen molar-refractivity contribution in [3.63, 3.8) is 0 Å². The topological polar surface area (TPSA) is 100 Å². The van der Waals surface area contributed by atoms with Gasteiger partial charge in [-0.25, -0.2) is 15.0 Å². The van der Waals surface area contributed by atoms with Gasteiger partial charge in [-0.05, 0) is 19.1 Å². The Morgan fingerprint density at radius 1 is 1.25 bits per heavy atom. The Morgan fingerprint density at radius 3 is 2.88 bits per heavy atom. The zero-order chi connectivity index (χ0) is 16.9. The van der Waals surface area contributed by atoms with E-state index in [0.29, 0.717) is 27.5 Å². The number of pyridine rings is 1. The van der Waals surface area contributed by atoms with Crippen LogP contribution in [0.4, 0.5) is 16.1 Å². The minimum atomic E-state index is -0.151. The number of nitrogens with one attached hydrogen (secondary N) is 2. The molecule has 124 valence electrons. The molecule has 3 aromatic heterocycles. The van der Waals surface area contributed by atoms with Gasteiger partial charge in [-0.15, -0.1) is 22.7 Å². The molecular weight excluding hydrogens is 346 g/mol. The van der Waals surface area contributed by atoms with Crippen LogP contribution < -0.4 is 10.6 Å². The number of thiazole rings is 2. The van der Waals surface area contributed by atoms with E-state index >= 15 is 0 Å². The molecule has 0 aromatic carbocycles. The number of amides is 1. The Labute approximate surface area is 146 Å². The van der Waals surface area contributed by atoms with Gasteiger partial charge in [0, 0.05) is 16.5 Å². The fourth-order valence-corrected chi connectivity index (χ4v) is 3.33. The van der Waals surface area contributed by atoms with Crippen molar-refractivity contribution in [3.05, 3.63) is 46.0 Å². The molecule has 0 radical (unpaired) electrons. The number of aryl methyl sites for hydroxylation is 1. The number of rotatable bonds is 6. The lowest BCUT2D eigenvalue weighted by Crippen LogP contribution is -2.14. The summed E-state index contributed by atoms with van der Waals surface area (Å²) in [6.45, 7) is 1.82. The molecule has 0 saturated carbocycles. The average Bonchev–Trinajstić information content (AvgIpc) is 3.16. The maximum Gasteiger partial charge on any atom is 0.232 e. The largest absolute Gasteiger partial charge is 0.390 e. The minimum absolute atomic E-state index is 0.116. The number of carbonyl (C=O) groups is 1. The first-order valence-electron chi connectivity index (χ1n) is 7.13. The third-order valence-corrected chi connectivity index (χ3v) is 4.60. The van der Waals surface area contributed by atoms with Crippen molar-refractivity contribution in [2.45, 2.75) is 20.0 Å². The quantitative estimate of drug-likeness (QED) is 0.624. The zero-order valence-corrected chi connectivity index (χ0v) is 14.4. The maximum absolute atomic E-state index is 12.0. The standard InChI is InChI=1S/C15H15N5O2S2/c1-9-6-16-14(24-9)20-13(22)5-11-8-23-15(18-11)19-12-4-2-3-10(7-21)17-12/h2-4,6,8,21H,5,7H2,1H3,(H,16,20,22)(H,17,18,19). The SMILES string of the molecule is Cc1cnc(NC(=O)Cc2csc(Nc3cccc(CO)n3)n2)s1. The van der Waals surface area contributed by atoms with Crippen molar-refractivity contribution in [2.75, 3.05) is 10.6 Å². The molecule has 0 spiro atoms. The molecule has 0 aliphatic rings. The highest BCUT2D eigenvalue weighted by Gasteiger charge is 2.10. The lowest BCUT2D eigenvalue weighted by atomic mass is 10.3. The third-order valence-electron chi connectivity index (χ3n) is 2.96. The highest BCUT2D eigenvalue weighted by molar-refractivity contribution is 7.15. The maximum atomic E-state index is 12.0. The summed E-state index contributed by atoms with van der Waals surface area (Å²) >= 11 is 2.83. The van der Waals surface area contributed by atoms with E-state index in [-0.39, 0.29) is 18.9 Å². The van der Waals surface area contributed by atoms with Crippen molar-refractivity contribution in [1.82, 2.24) is 15.0 Å². The summed E-state index contributed by atoms with van der Waals surface area (Å²) in [5, 5.41) is 18.0. The highest BCUT2D eigenvalue weighted by atomic mass is 32.1. The van der Waals surface area contributed by atoms with Crippen LogP contribution in [-0.4, -0.2) is 26.0 Å². The van der Waals surface area contributed by atoms with Crippen molar-refractivity contribution in [2.24, 2.45) is 0 Å². The number of carbonyl (C=O) groups excluding carboxylic acids is 1. The van der Waals surface area contributed by atoms with Crippen molar-refractivity contribution in [3.8, 4) is 0 Å². The van der Waals surface area contributed by atoms with Gasteiger partial charge in [0.05, 0.1) is 24.4 Å². The lowest BCUT2D eigenvalue weighted by Gasteiger charge is -2.03. The second-order valence-corrected chi connectivity index (χ2v) is 7.04. The Balaban J connectivity index is 1.59. The Bertz CT molecular complexity index is 846. The van der Waals surface area contributed by atoms with Crippen LogP contribution in [0.25, 0.3) is 0 Å². The molecule has 0 aliphatic heterocycles. The molecule has 0 fully saturated rings. The summed E-state index contributed by atoms with van der Waals surface area (Å²) in [6, 6.07) is 5.33. The summed E-state index contributed by atoms with van der Waals surface area (Å²) in [5.41, 5.74) is 1.25. The van der Waals surface area contributed by atoms with E-state index in [4.69, 9.17) is 5.11 Å².